The van der Waals surface area contributed by atoms with Gasteiger partial charge in [0.25, 0.3) is 0 Å². The molecule has 0 saturated carbocycles. The fourth-order valence-corrected chi connectivity index (χ4v) is 1.57. The molecule has 0 bridgehead atoms. The molecule has 0 spiro atoms. The molecule has 1 unspecified atom stereocenters. The summed E-state index contributed by atoms with van der Waals surface area (Å²) in [5.74, 6) is 0.211. The van der Waals surface area contributed by atoms with Crippen LogP contribution in [0.25, 0.3) is 0 Å². The quantitative estimate of drug-likeness (QED) is 0.611. The molecule has 0 aliphatic carbocycles. The Bertz CT molecular complexity index is 182. The Balaban J connectivity index is 2.44. The van der Waals surface area contributed by atoms with E-state index in [0.717, 1.165) is 19.6 Å². The Hall–Kier alpha value is -0.610. The van der Waals surface area contributed by atoms with E-state index in [1.54, 1.807) is 12.0 Å². The number of nitrogens with zero attached hydrogens (tertiary/aromatic N) is 2. The number of amides is 1. The van der Waals surface area contributed by atoms with Crippen LogP contribution < -0.4 is 0 Å². The second kappa shape index (κ2) is 4.58. The van der Waals surface area contributed by atoms with Crippen LogP contribution in [0.3, 0.4) is 0 Å². The van der Waals surface area contributed by atoms with Crippen molar-refractivity contribution in [3.05, 3.63) is 0 Å². The molecule has 1 aliphatic heterocycles. The highest BCUT2D eigenvalue weighted by molar-refractivity contribution is 5.81. The highest BCUT2D eigenvalue weighted by Gasteiger charge is 2.28. The molecule has 0 radical (unpaired) electrons. The standard InChI is InChI=1S/C9H18N2O2/c1-8-9(12)10(2)4-5-11(8)6-7-13-3/h8H,4-7H2,1-3H3. The minimum Gasteiger partial charge on any atom is -0.383 e. The molecule has 1 aliphatic rings. The average molecular weight is 186 g/mol. The molecule has 0 N–H and O–H groups in total. The van der Waals surface area contributed by atoms with Crippen molar-refractivity contribution < 1.29 is 9.53 Å². The molecule has 1 atom stereocenters. The summed E-state index contributed by atoms with van der Waals surface area (Å²) in [6.07, 6.45) is 0. The summed E-state index contributed by atoms with van der Waals surface area (Å²) >= 11 is 0. The third-order valence-corrected chi connectivity index (χ3v) is 2.59. The monoisotopic (exact) mass is 186 g/mol. The summed E-state index contributed by atoms with van der Waals surface area (Å²) in [5.41, 5.74) is 0. The third kappa shape index (κ3) is 2.42. The summed E-state index contributed by atoms with van der Waals surface area (Å²) in [4.78, 5) is 15.5. The Labute approximate surface area is 79.4 Å². The third-order valence-electron chi connectivity index (χ3n) is 2.59. The lowest BCUT2D eigenvalue weighted by Crippen LogP contribution is -2.54. The zero-order valence-corrected chi connectivity index (χ0v) is 8.62. The fourth-order valence-electron chi connectivity index (χ4n) is 1.57. The molecule has 1 heterocycles. The van der Waals surface area contributed by atoms with Crippen molar-refractivity contribution >= 4 is 5.91 Å². The van der Waals surface area contributed by atoms with Crippen molar-refractivity contribution in [2.75, 3.05) is 40.4 Å². The van der Waals surface area contributed by atoms with E-state index in [1.807, 2.05) is 14.0 Å². The zero-order chi connectivity index (χ0) is 9.84. The van der Waals surface area contributed by atoms with E-state index < -0.39 is 0 Å². The number of methoxy groups -OCH3 is 1. The van der Waals surface area contributed by atoms with Crippen molar-refractivity contribution in [2.45, 2.75) is 13.0 Å². The van der Waals surface area contributed by atoms with E-state index in [9.17, 15) is 4.79 Å². The summed E-state index contributed by atoms with van der Waals surface area (Å²) in [5, 5.41) is 0. The molecule has 0 aromatic rings. The summed E-state index contributed by atoms with van der Waals surface area (Å²) < 4.78 is 4.99. The second-order valence-corrected chi connectivity index (χ2v) is 3.46. The number of piperazine rings is 1. The molecule has 0 aromatic carbocycles. The lowest BCUT2D eigenvalue weighted by atomic mass is 10.2. The molecule has 1 saturated heterocycles. The van der Waals surface area contributed by atoms with Gasteiger partial charge in [-0.2, -0.15) is 0 Å². The molecule has 1 amide bonds. The van der Waals surface area contributed by atoms with Gasteiger partial charge >= 0.3 is 0 Å². The molecular weight excluding hydrogens is 168 g/mol. The Morgan fingerprint density at radius 3 is 2.85 bits per heavy atom. The number of rotatable bonds is 3. The molecule has 1 fully saturated rings. The van der Waals surface area contributed by atoms with Crippen LogP contribution in [0.4, 0.5) is 0 Å². The fraction of sp³-hybridized carbons (Fsp3) is 0.889. The smallest absolute Gasteiger partial charge is 0.239 e. The van der Waals surface area contributed by atoms with Crippen LogP contribution >= 0.6 is 0 Å². The SMILES string of the molecule is COCCN1CCN(C)C(=O)C1C. The Morgan fingerprint density at radius 2 is 2.23 bits per heavy atom. The van der Waals surface area contributed by atoms with E-state index >= 15 is 0 Å². The van der Waals surface area contributed by atoms with E-state index in [2.05, 4.69) is 4.90 Å². The van der Waals surface area contributed by atoms with Crippen molar-refractivity contribution in [2.24, 2.45) is 0 Å². The first-order chi connectivity index (χ1) is 6.16. The lowest BCUT2D eigenvalue weighted by Gasteiger charge is -2.37. The highest BCUT2D eigenvalue weighted by Crippen LogP contribution is 2.08. The molecule has 76 valence electrons. The minimum absolute atomic E-state index is 0.00824. The Morgan fingerprint density at radius 1 is 1.54 bits per heavy atom. The van der Waals surface area contributed by atoms with Crippen molar-refractivity contribution in [3.63, 3.8) is 0 Å². The summed E-state index contributed by atoms with van der Waals surface area (Å²) in [7, 11) is 3.54. The van der Waals surface area contributed by atoms with E-state index in [0.29, 0.717) is 6.61 Å². The number of carbonyl (C=O) groups excluding carboxylic acids is 1. The van der Waals surface area contributed by atoms with Crippen LogP contribution in [-0.4, -0.2) is 62.1 Å². The van der Waals surface area contributed by atoms with Crippen LogP contribution in [0.2, 0.25) is 0 Å². The van der Waals surface area contributed by atoms with Gasteiger partial charge in [0.1, 0.15) is 0 Å². The first kappa shape index (κ1) is 10.5. The molecule has 1 rings (SSSR count). The van der Waals surface area contributed by atoms with Crippen LogP contribution in [0.1, 0.15) is 6.92 Å². The van der Waals surface area contributed by atoms with Gasteiger partial charge in [-0.05, 0) is 6.92 Å². The lowest BCUT2D eigenvalue weighted by molar-refractivity contribution is -0.139. The molecule has 4 heteroatoms. The van der Waals surface area contributed by atoms with E-state index in [1.165, 1.54) is 0 Å². The van der Waals surface area contributed by atoms with Gasteiger partial charge in [0.2, 0.25) is 5.91 Å². The van der Waals surface area contributed by atoms with Gasteiger partial charge in [0, 0.05) is 33.8 Å². The van der Waals surface area contributed by atoms with Gasteiger partial charge in [0.15, 0.2) is 0 Å². The van der Waals surface area contributed by atoms with Crippen LogP contribution in [0.15, 0.2) is 0 Å². The van der Waals surface area contributed by atoms with E-state index in [4.69, 9.17) is 4.74 Å². The predicted octanol–water partition coefficient (Wildman–Crippen LogP) is -0.205. The average Bonchev–Trinajstić information content (AvgIpc) is 2.13. The number of hydrogen-bond acceptors (Lipinski definition) is 3. The minimum atomic E-state index is 0.00824. The topological polar surface area (TPSA) is 32.8 Å². The predicted molar refractivity (Wildman–Crippen MR) is 50.5 cm³/mol. The van der Waals surface area contributed by atoms with Crippen LogP contribution in [-0.2, 0) is 9.53 Å². The summed E-state index contributed by atoms with van der Waals surface area (Å²) in [6.45, 7) is 5.27. The maximum atomic E-state index is 11.5. The van der Waals surface area contributed by atoms with Crippen molar-refractivity contribution in [3.8, 4) is 0 Å². The molecule has 4 nitrogen and oxygen atoms in total. The first-order valence-electron chi connectivity index (χ1n) is 4.64. The molecule has 0 aromatic heterocycles. The van der Waals surface area contributed by atoms with Crippen LogP contribution in [0, 0.1) is 0 Å². The maximum absolute atomic E-state index is 11.5. The van der Waals surface area contributed by atoms with Crippen molar-refractivity contribution in [1.29, 1.82) is 0 Å². The highest BCUT2D eigenvalue weighted by atomic mass is 16.5. The number of likely N-dealkylation sites (N-methyl/N-ethyl adjacent to an activating group) is 1. The number of ether oxygens (including phenoxy) is 1. The summed E-state index contributed by atoms with van der Waals surface area (Å²) in [6, 6.07) is 0.00824. The maximum Gasteiger partial charge on any atom is 0.239 e. The molecular formula is C9H18N2O2. The number of hydrogen-bond donors (Lipinski definition) is 0. The zero-order valence-electron chi connectivity index (χ0n) is 8.62. The largest absolute Gasteiger partial charge is 0.383 e. The number of carbonyl (C=O) groups is 1. The Kier molecular flexibility index (Phi) is 3.69. The van der Waals surface area contributed by atoms with Crippen molar-refractivity contribution in [1.82, 2.24) is 9.80 Å². The normalized spacial score (nSPS) is 25.3. The van der Waals surface area contributed by atoms with Crippen LogP contribution in [0.5, 0.6) is 0 Å². The van der Waals surface area contributed by atoms with Gasteiger partial charge in [-0.3, -0.25) is 9.69 Å². The first-order valence-corrected chi connectivity index (χ1v) is 4.64. The van der Waals surface area contributed by atoms with Gasteiger partial charge in [-0.25, -0.2) is 0 Å². The van der Waals surface area contributed by atoms with Gasteiger partial charge in [-0.1, -0.05) is 0 Å². The van der Waals surface area contributed by atoms with Gasteiger partial charge in [-0.15, -0.1) is 0 Å². The van der Waals surface area contributed by atoms with Gasteiger partial charge < -0.3 is 9.64 Å². The van der Waals surface area contributed by atoms with Gasteiger partial charge in [0.05, 0.1) is 12.6 Å². The van der Waals surface area contributed by atoms with E-state index in [-0.39, 0.29) is 11.9 Å². The molecule has 13 heavy (non-hydrogen) atoms. The second-order valence-electron chi connectivity index (χ2n) is 3.46.